The van der Waals surface area contributed by atoms with Crippen LogP contribution in [0.15, 0.2) is 29.1 Å². The van der Waals surface area contributed by atoms with Crippen molar-refractivity contribution in [3.8, 4) is 0 Å². The van der Waals surface area contributed by atoms with Crippen LogP contribution in [0.1, 0.15) is 4.88 Å². The number of pyridine rings is 1. The Balaban J connectivity index is 1.98. The zero-order valence-electron chi connectivity index (χ0n) is 7.14. The molecule has 2 aromatic rings. The predicted molar refractivity (Wildman–Crippen MR) is 59.2 cm³/mol. The van der Waals surface area contributed by atoms with E-state index in [0.29, 0.717) is 0 Å². The van der Waals surface area contributed by atoms with Gasteiger partial charge in [0.1, 0.15) is 0 Å². The summed E-state index contributed by atoms with van der Waals surface area (Å²) in [7, 11) is 0. The minimum absolute atomic E-state index is 0.732. The molecule has 2 rings (SSSR count). The third-order valence-electron chi connectivity index (χ3n) is 1.58. The molecule has 0 saturated heterocycles. The van der Waals surface area contributed by atoms with Gasteiger partial charge in [0.2, 0.25) is 0 Å². The van der Waals surface area contributed by atoms with Crippen molar-refractivity contribution >= 4 is 33.1 Å². The lowest BCUT2D eigenvalue weighted by atomic mass is 10.4. The van der Waals surface area contributed by atoms with Gasteiger partial charge in [0.15, 0.2) is 0 Å². The predicted octanol–water partition coefficient (Wildman–Crippen LogP) is 2.31. The van der Waals surface area contributed by atoms with Gasteiger partial charge in [-0.1, -0.05) is 4.49 Å². The minimum Gasteiger partial charge on any atom is -0.379 e. The van der Waals surface area contributed by atoms with Gasteiger partial charge in [-0.05, 0) is 33.5 Å². The van der Waals surface area contributed by atoms with Crippen molar-refractivity contribution in [2.75, 3.05) is 5.32 Å². The molecule has 14 heavy (non-hydrogen) atoms. The molecule has 6 heteroatoms. The van der Waals surface area contributed by atoms with E-state index in [1.54, 1.807) is 18.6 Å². The third kappa shape index (κ3) is 2.49. The summed E-state index contributed by atoms with van der Waals surface area (Å²) in [6.45, 7) is 0.732. The van der Waals surface area contributed by atoms with Crippen LogP contribution in [0, 0.1) is 0 Å². The van der Waals surface area contributed by atoms with Crippen molar-refractivity contribution in [2.24, 2.45) is 0 Å². The van der Waals surface area contributed by atoms with E-state index < -0.39 is 0 Å². The van der Waals surface area contributed by atoms with Crippen LogP contribution >= 0.6 is 27.5 Å². The number of hydrogen-bond acceptors (Lipinski definition) is 5. The maximum absolute atomic E-state index is 4.05. The van der Waals surface area contributed by atoms with E-state index in [4.69, 9.17) is 0 Å². The first-order valence-electron chi connectivity index (χ1n) is 3.95. The minimum atomic E-state index is 0.732. The maximum Gasteiger partial charge on any atom is 0.0671 e. The van der Waals surface area contributed by atoms with Crippen LogP contribution < -0.4 is 5.32 Å². The van der Waals surface area contributed by atoms with Gasteiger partial charge >= 0.3 is 0 Å². The number of rotatable bonds is 3. The number of hydrogen-bond donors (Lipinski definition) is 1. The molecule has 0 aromatic carbocycles. The average Bonchev–Trinajstić information content (AvgIpc) is 2.67. The zero-order chi connectivity index (χ0) is 9.80. The van der Waals surface area contributed by atoms with Crippen molar-refractivity contribution in [1.29, 1.82) is 0 Å². The van der Waals surface area contributed by atoms with Gasteiger partial charge < -0.3 is 5.32 Å². The Hall–Kier alpha value is -1.01. The van der Waals surface area contributed by atoms with E-state index in [2.05, 4.69) is 35.8 Å². The molecule has 0 aliphatic carbocycles. The normalized spacial score (nSPS) is 10.1. The molecule has 1 N–H and O–H groups in total. The number of halogens is 1. The summed E-state index contributed by atoms with van der Waals surface area (Å²) < 4.78 is 4.74. The second-order valence-corrected chi connectivity index (χ2v) is 4.42. The molecule has 0 saturated carbocycles. The van der Waals surface area contributed by atoms with Crippen molar-refractivity contribution in [3.63, 3.8) is 0 Å². The third-order valence-corrected chi connectivity index (χ3v) is 2.67. The number of nitrogens with one attached hydrogen (secondary N) is 1. The summed E-state index contributed by atoms with van der Waals surface area (Å²) >= 11 is 4.75. The monoisotopic (exact) mass is 270 g/mol. The van der Waals surface area contributed by atoms with Gasteiger partial charge in [-0.15, -0.1) is 5.10 Å². The molecule has 0 fully saturated rings. The van der Waals surface area contributed by atoms with Crippen molar-refractivity contribution < 1.29 is 0 Å². The first kappa shape index (κ1) is 9.54. The number of aromatic nitrogens is 3. The van der Waals surface area contributed by atoms with Gasteiger partial charge in [0.05, 0.1) is 29.5 Å². The van der Waals surface area contributed by atoms with Gasteiger partial charge in [-0.2, -0.15) is 0 Å². The fraction of sp³-hybridized carbons (Fsp3) is 0.125. The molecular formula is C8H7BrN4S. The van der Waals surface area contributed by atoms with Gasteiger partial charge in [0, 0.05) is 10.7 Å². The Morgan fingerprint density at radius 1 is 1.36 bits per heavy atom. The maximum atomic E-state index is 4.05. The quantitative estimate of drug-likeness (QED) is 0.930. The molecule has 2 heterocycles. The standard InChI is InChI=1S/C8H7BrN4S/c9-6-1-7(3-10-2-6)11-4-8-5-12-13-14-8/h1-3,5,11H,4H2. The molecule has 0 bridgehead atoms. The van der Waals surface area contributed by atoms with Crippen LogP contribution in [0.25, 0.3) is 0 Å². The molecule has 0 aliphatic heterocycles. The van der Waals surface area contributed by atoms with E-state index in [9.17, 15) is 0 Å². The first-order chi connectivity index (χ1) is 6.84. The molecule has 0 amide bonds. The molecular weight excluding hydrogens is 264 g/mol. The van der Waals surface area contributed by atoms with E-state index in [-0.39, 0.29) is 0 Å². The lowest BCUT2D eigenvalue weighted by molar-refractivity contribution is 1.12. The topological polar surface area (TPSA) is 50.7 Å². The van der Waals surface area contributed by atoms with Crippen molar-refractivity contribution in [1.82, 2.24) is 14.6 Å². The smallest absolute Gasteiger partial charge is 0.0671 e. The largest absolute Gasteiger partial charge is 0.379 e. The highest BCUT2D eigenvalue weighted by Gasteiger charge is 1.97. The lowest BCUT2D eigenvalue weighted by Gasteiger charge is -2.02. The lowest BCUT2D eigenvalue weighted by Crippen LogP contribution is -1.97. The molecule has 0 spiro atoms. The van der Waals surface area contributed by atoms with Crippen molar-refractivity contribution in [3.05, 3.63) is 34.0 Å². The molecule has 2 aromatic heterocycles. The summed E-state index contributed by atoms with van der Waals surface area (Å²) in [6.07, 6.45) is 5.28. The Bertz CT molecular complexity index is 403. The SMILES string of the molecule is Brc1cncc(NCc2cnns2)c1. The first-order valence-corrected chi connectivity index (χ1v) is 5.52. The fourth-order valence-electron chi connectivity index (χ4n) is 0.963. The van der Waals surface area contributed by atoms with Crippen LogP contribution in [-0.2, 0) is 6.54 Å². The molecule has 0 aliphatic rings. The molecule has 4 nitrogen and oxygen atoms in total. The number of anilines is 1. The molecule has 0 unspecified atom stereocenters. The molecule has 0 radical (unpaired) electrons. The van der Waals surface area contributed by atoms with E-state index in [0.717, 1.165) is 21.6 Å². The summed E-state index contributed by atoms with van der Waals surface area (Å²) in [5, 5.41) is 6.98. The highest BCUT2D eigenvalue weighted by Crippen LogP contribution is 2.14. The van der Waals surface area contributed by atoms with Crippen LogP contribution in [0.2, 0.25) is 0 Å². The summed E-state index contributed by atoms with van der Waals surface area (Å²) in [5.41, 5.74) is 0.979. The Morgan fingerprint density at radius 2 is 2.29 bits per heavy atom. The zero-order valence-corrected chi connectivity index (χ0v) is 9.55. The van der Waals surface area contributed by atoms with Gasteiger partial charge in [0.25, 0.3) is 0 Å². The van der Waals surface area contributed by atoms with Gasteiger partial charge in [-0.3, -0.25) is 4.98 Å². The average molecular weight is 271 g/mol. The van der Waals surface area contributed by atoms with E-state index in [1.165, 1.54) is 11.5 Å². The van der Waals surface area contributed by atoms with Gasteiger partial charge in [-0.25, -0.2) is 0 Å². The fourth-order valence-corrected chi connectivity index (χ4v) is 1.76. The Morgan fingerprint density at radius 3 is 3.00 bits per heavy atom. The molecule has 72 valence electrons. The second kappa shape index (κ2) is 4.47. The Labute approximate surface area is 93.7 Å². The van der Waals surface area contributed by atoms with Crippen LogP contribution in [-0.4, -0.2) is 14.6 Å². The van der Waals surface area contributed by atoms with Crippen LogP contribution in [0.4, 0.5) is 5.69 Å². The van der Waals surface area contributed by atoms with Crippen molar-refractivity contribution in [2.45, 2.75) is 6.54 Å². The van der Waals surface area contributed by atoms with E-state index in [1.807, 2.05) is 6.07 Å². The highest BCUT2D eigenvalue weighted by atomic mass is 79.9. The van der Waals surface area contributed by atoms with E-state index >= 15 is 0 Å². The van der Waals surface area contributed by atoms with Crippen LogP contribution in [0.3, 0.4) is 0 Å². The Kier molecular flexibility index (Phi) is 3.05. The summed E-state index contributed by atoms with van der Waals surface area (Å²) in [5.74, 6) is 0. The second-order valence-electron chi connectivity index (χ2n) is 2.63. The highest BCUT2D eigenvalue weighted by molar-refractivity contribution is 9.10. The molecule has 0 atom stereocenters. The summed E-state index contributed by atoms with van der Waals surface area (Å²) in [4.78, 5) is 5.15. The number of nitrogens with zero attached hydrogens (tertiary/aromatic N) is 3. The van der Waals surface area contributed by atoms with Crippen LogP contribution in [0.5, 0.6) is 0 Å². The summed E-state index contributed by atoms with van der Waals surface area (Å²) in [6, 6.07) is 1.97.